The highest BCUT2D eigenvalue weighted by Crippen LogP contribution is 2.40. The fourth-order valence-corrected chi connectivity index (χ4v) is 4.54. The smallest absolute Gasteiger partial charge is 0.316 e. The molecule has 1 saturated heterocycles. The number of hydrogen-bond acceptors (Lipinski definition) is 3. The summed E-state index contributed by atoms with van der Waals surface area (Å²) in [6.45, 7) is 1.56. The Morgan fingerprint density at radius 2 is 1.50 bits per heavy atom. The molecule has 0 aromatic heterocycles. The normalized spacial score (nSPS) is 17.1. The Hall–Kier alpha value is -2.38. The van der Waals surface area contributed by atoms with Crippen molar-refractivity contribution in [1.29, 1.82) is 0 Å². The van der Waals surface area contributed by atoms with Crippen LogP contribution in [-0.4, -0.2) is 27.0 Å². The van der Waals surface area contributed by atoms with E-state index >= 15 is 0 Å². The average molecular weight is 405 g/mol. The van der Waals surface area contributed by atoms with E-state index < -0.39 is 20.2 Å². The van der Waals surface area contributed by atoms with Gasteiger partial charge in [0.2, 0.25) is 0 Å². The maximum absolute atomic E-state index is 13.1. The fraction of sp³-hybridized carbons (Fsp3) is 0.238. The maximum atomic E-state index is 13.1. The molecule has 4 rings (SSSR count). The maximum Gasteiger partial charge on any atom is 0.501 e. The number of sulfone groups is 1. The van der Waals surface area contributed by atoms with Crippen LogP contribution >= 0.6 is 0 Å². The van der Waals surface area contributed by atoms with Gasteiger partial charge in [-0.05, 0) is 65.9 Å². The molecule has 0 bridgehead atoms. The monoisotopic (exact) mass is 405 g/mol. The molecule has 0 saturated carbocycles. The molecule has 0 amide bonds. The standard InChI is InChI=1S/C21H18F3NO2S/c22-21(23,24)28(26,27)17-8-7-15-6-5-14-3-1-2-4-18(14)20(19(15)13-17)16-9-11-25-12-10-16/h1-8,13,25H,9-12H2. The van der Waals surface area contributed by atoms with E-state index in [1.165, 1.54) is 12.1 Å². The molecule has 1 heterocycles. The molecule has 146 valence electrons. The van der Waals surface area contributed by atoms with Crippen LogP contribution in [0.5, 0.6) is 0 Å². The third kappa shape index (κ3) is 3.18. The van der Waals surface area contributed by atoms with Crippen molar-refractivity contribution in [3.05, 3.63) is 70.3 Å². The topological polar surface area (TPSA) is 46.2 Å². The van der Waals surface area contributed by atoms with E-state index in [0.29, 0.717) is 11.1 Å². The van der Waals surface area contributed by atoms with Gasteiger partial charge in [0.25, 0.3) is 9.84 Å². The highest BCUT2D eigenvalue weighted by Gasteiger charge is 2.47. The number of piperidine rings is 1. The summed E-state index contributed by atoms with van der Waals surface area (Å²) < 4.78 is 63.3. The number of alkyl halides is 3. The van der Waals surface area contributed by atoms with Gasteiger partial charge in [-0.1, -0.05) is 48.1 Å². The summed E-state index contributed by atoms with van der Waals surface area (Å²) in [7, 11) is -5.41. The Balaban J connectivity index is 2.00. The molecule has 2 aromatic carbocycles. The Labute approximate surface area is 161 Å². The molecule has 2 aliphatic rings. The van der Waals surface area contributed by atoms with Crippen LogP contribution in [0.2, 0.25) is 0 Å². The molecule has 0 spiro atoms. The molecule has 1 aliphatic carbocycles. The van der Waals surface area contributed by atoms with Gasteiger partial charge in [-0.15, -0.1) is 0 Å². The van der Waals surface area contributed by atoms with E-state index in [9.17, 15) is 21.6 Å². The van der Waals surface area contributed by atoms with E-state index in [4.69, 9.17) is 0 Å². The predicted octanol–water partition coefficient (Wildman–Crippen LogP) is 4.65. The minimum atomic E-state index is -5.41. The van der Waals surface area contributed by atoms with Crippen LogP contribution in [0.15, 0.2) is 52.9 Å². The third-order valence-corrected chi connectivity index (χ3v) is 6.63. The summed E-state index contributed by atoms with van der Waals surface area (Å²) in [5.74, 6) is 0. The van der Waals surface area contributed by atoms with Gasteiger partial charge in [0.1, 0.15) is 0 Å². The van der Waals surface area contributed by atoms with Crippen LogP contribution in [-0.2, 0) is 9.84 Å². The van der Waals surface area contributed by atoms with Gasteiger partial charge in [-0.2, -0.15) is 13.2 Å². The van der Waals surface area contributed by atoms with Crippen molar-refractivity contribution in [3.63, 3.8) is 0 Å². The molecule has 7 heteroatoms. The van der Waals surface area contributed by atoms with Crippen LogP contribution in [0.25, 0.3) is 17.7 Å². The van der Waals surface area contributed by atoms with Crippen LogP contribution < -0.4 is 5.32 Å². The summed E-state index contributed by atoms with van der Waals surface area (Å²) in [6, 6.07) is 11.3. The lowest BCUT2D eigenvalue weighted by Crippen LogP contribution is -2.24. The van der Waals surface area contributed by atoms with Gasteiger partial charge < -0.3 is 5.32 Å². The zero-order valence-electron chi connectivity index (χ0n) is 14.9. The molecule has 0 atom stereocenters. The molecular formula is C21H18F3NO2S. The lowest BCUT2D eigenvalue weighted by Gasteiger charge is -2.23. The minimum Gasteiger partial charge on any atom is -0.316 e. The number of halogens is 3. The van der Waals surface area contributed by atoms with Crippen molar-refractivity contribution < 1.29 is 21.6 Å². The Bertz CT molecular complexity index is 1090. The van der Waals surface area contributed by atoms with E-state index in [2.05, 4.69) is 5.32 Å². The second-order valence-corrected chi connectivity index (χ2v) is 8.79. The van der Waals surface area contributed by atoms with Gasteiger partial charge >= 0.3 is 5.51 Å². The van der Waals surface area contributed by atoms with Gasteiger partial charge in [0.05, 0.1) is 4.90 Å². The lowest BCUT2D eigenvalue weighted by molar-refractivity contribution is -0.0436. The fourth-order valence-electron chi connectivity index (χ4n) is 3.75. The Morgan fingerprint density at radius 1 is 0.857 bits per heavy atom. The first-order valence-electron chi connectivity index (χ1n) is 8.95. The van der Waals surface area contributed by atoms with Crippen LogP contribution in [0.4, 0.5) is 13.2 Å². The summed E-state index contributed by atoms with van der Waals surface area (Å²) in [6.07, 6.45) is 5.27. The van der Waals surface area contributed by atoms with Crippen molar-refractivity contribution in [2.75, 3.05) is 13.1 Å². The second kappa shape index (κ2) is 6.90. The molecule has 2 aromatic rings. The largest absolute Gasteiger partial charge is 0.501 e. The number of benzene rings is 2. The summed E-state index contributed by atoms with van der Waals surface area (Å²) >= 11 is 0. The third-order valence-electron chi connectivity index (χ3n) is 5.14. The van der Waals surface area contributed by atoms with Gasteiger partial charge in [-0.3, -0.25) is 0 Å². The first kappa shape index (κ1) is 19.0. The molecule has 1 aliphatic heterocycles. The average Bonchev–Trinajstić information content (AvgIpc) is 2.84. The van der Waals surface area contributed by atoms with Crippen molar-refractivity contribution >= 4 is 27.6 Å². The van der Waals surface area contributed by atoms with Crippen molar-refractivity contribution in [2.45, 2.75) is 23.2 Å². The van der Waals surface area contributed by atoms with Crippen molar-refractivity contribution in [3.8, 4) is 0 Å². The predicted molar refractivity (Wildman–Crippen MR) is 103 cm³/mol. The van der Waals surface area contributed by atoms with E-state index in [1.54, 1.807) is 0 Å². The zero-order chi connectivity index (χ0) is 19.9. The SMILES string of the molecule is O=S(=O)(c1ccc2c(c1)C(=C1CCNCC1)c1ccccc1C=C2)C(F)(F)F. The number of rotatable bonds is 1. The van der Waals surface area contributed by atoms with Gasteiger partial charge in [0, 0.05) is 0 Å². The summed E-state index contributed by atoms with van der Waals surface area (Å²) in [4.78, 5) is -0.724. The van der Waals surface area contributed by atoms with Gasteiger partial charge in [-0.25, -0.2) is 8.42 Å². The van der Waals surface area contributed by atoms with E-state index in [-0.39, 0.29) is 0 Å². The molecule has 28 heavy (non-hydrogen) atoms. The second-order valence-electron chi connectivity index (χ2n) is 6.85. The number of fused-ring (bicyclic) bond motifs is 2. The number of nitrogens with one attached hydrogen (secondary N) is 1. The summed E-state index contributed by atoms with van der Waals surface area (Å²) in [5, 5.41) is 3.28. The molecule has 1 fully saturated rings. The van der Waals surface area contributed by atoms with Crippen molar-refractivity contribution in [2.24, 2.45) is 0 Å². The number of hydrogen-bond donors (Lipinski definition) is 1. The Kier molecular flexibility index (Phi) is 4.67. The first-order chi connectivity index (χ1) is 13.3. The summed E-state index contributed by atoms with van der Waals surface area (Å²) in [5.41, 5.74) is -0.256. The first-order valence-corrected chi connectivity index (χ1v) is 10.4. The highest BCUT2D eigenvalue weighted by molar-refractivity contribution is 7.92. The van der Waals surface area contributed by atoms with Crippen LogP contribution in [0, 0.1) is 0 Å². The highest BCUT2D eigenvalue weighted by atomic mass is 32.2. The molecular weight excluding hydrogens is 387 g/mol. The Morgan fingerprint density at radius 3 is 2.18 bits per heavy atom. The van der Waals surface area contributed by atoms with E-state index in [0.717, 1.165) is 54.3 Å². The van der Waals surface area contributed by atoms with E-state index in [1.807, 2.05) is 36.4 Å². The molecule has 3 nitrogen and oxygen atoms in total. The molecule has 1 N–H and O–H groups in total. The van der Waals surface area contributed by atoms with Gasteiger partial charge in [0.15, 0.2) is 0 Å². The van der Waals surface area contributed by atoms with Crippen LogP contribution in [0.3, 0.4) is 0 Å². The molecule has 0 radical (unpaired) electrons. The molecule has 0 unspecified atom stereocenters. The lowest BCUT2D eigenvalue weighted by atomic mass is 9.86. The quantitative estimate of drug-likeness (QED) is 0.641. The van der Waals surface area contributed by atoms with Crippen LogP contribution in [0.1, 0.15) is 35.1 Å². The zero-order valence-corrected chi connectivity index (χ0v) is 15.7. The van der Waals surface area contributed by atoms with Crippen molar-refractivity contribution in [1.82, 2.24) is 5.32 Å². The minimum absolute atomic E-state index is 0.531.